The number of phenolic OH excluding ortho intramolecular Hbond substituents is 3. The number of ketones is 3. The third-order valence-corrected chi connectivity index (χ3v) is 6.95. The fourth-order valence-electron chi connectivity index (χ4n) is 3.87. The van der Waals surface area contributed by atoms with Crippen molar-refractivity contribution in [3.05, 3.63) is 103 Å². The van der Waals surface area contributed by atoms with Crippen LogP contribution in [0.15, 0.2) is 64.5 Å². The zero-order chi connectivity index (χ0) is 29.4. The minimum atomic E-state index is -5.24. The van der Waals surface area contributed by atoms with Crippen LogP contribution in [0.4, 0.5) is 5.69 Å². The van der Waals surface area contributed by atoms with Crippen molar-refractivity contribution < 1.29 is 42.3 Å². The lowest BCUT2D eigenvalue weighted by atomic mass is 9.92. The maximum atomic E-state index is 13.7. The Hall–Kier alpha value is -5.82. The molecule has 0 aliphatic heterocycles. The molecule has 200 valence electrons. The first-order valence-electron chi connectivity index (χ1n) is 10.8. The highest BCUT2D eigenvalue weighted by Crippen LogP contribution is 2.42. The Kier molecular flexibility index (Phi) is 6.91. The van der Waals surface area contributed by atoms with Crippen molar-refractivity contribution in [2.75, 3.05) is 0 Å². The first-order chi connectivity index (χ1) is 18.9. The van der Waals surface area contributed by atoms with Crippen LogP contribution in [0.2, 0.25) is 0 Å². The molecular formula is C24H14N6O9S. The Morgan fingerprint density at radius 3 is 2.25 bits per heavy atom. The number of allylic oxidation sites excluding steroid dienone is 1. The molecule has 0 spiro atoms. The van der Waals surface area contributed by atoms with Crippen LogP contribution in [-0.2, 0) is 14.9 Å². The average Bonchev–Trinajstić information content (AvgIpc) is 2.90. The number of fused-ring (bicyclic) bond motifs is 1. The van der Waals surface area contributed by atoms with Crippen molar-refractivity contribution in [1.82, 2.24) is 0 Å². The molecule has 1 aliphatic carbocycles. The molecule has 0 saturated heterocycles. The van der Waals surface area contributed by atoms with Gasteiger partial charge >= 0.3 is 10.1 Å². The molecule has 0 saturated carbocycles. The van der Waals surface area contributed by atoms with Crippen molar-refractivity contribution in [1.29, 1.82) is 0 Å². The number of phenols is 3. The van der Waals surface area contributed by atoms with Gasteiger partial charge in [0.2, 0.25) is 23.1 Å². The summed E-state index contributed by atoms with van der Waals surface area (Å²) >= 11 is 0. The number of rotatable bonds is 7. The second kappa shape index (κ2) is 10.2. The fraction of sp³-hybridized carbons (Fsp3) is 0.0417. The number of carbonyl (C=O) groups is 3. The predicted molar refractivity (Wildman–Crippen MR) is 136 cm³/mol. The molecule has 0 amide bonds. The zero-order valence-corrected chi connectivity index (χ0v) is 20.8. The van der Waals surface area contributed by atoms with Gasteiger partial charge in [-0.25, -0.2) is 0 Å². The van der Waals surface area contributed by atoms with E-state index in [0.717, 1.165) is 36.4 Å². The number of aromatic hydroxyl groups is 3. The molecule has 0 heterocycles. The highest BCUT2D eigenvalue weighted by atomic mass is 32.2. The molecule has 0 unspecified atom stereocenters. The van der Waals surface area contributed by atoms with Crippen LogP contribution >= 0.6 is 0 Å². The monoisotopic (exact) mass is 562 g/mol. The van der Waals surface area contributed by atoms with Gasteiger partial charge in [-0.05, 0) is 47.8 Å². The molecule has 3 N–H and O–H groups in total. The number of nitrogens with zero attached hydrogens (tertiary/aromatic N) is 6. The van der Waals surface area contributed by atoms with E-state index in [1.54, 1.807) is 0 Å². The van der Waals surface area contributed by atoms with Gasteiger partial charge in [-0.3, -0.25) is 14.4 Å². The molecule has 0 radical (unpaired) electrons. The standard InChI is InChI=1S/C24H14N6O9S/c1-10-5-6-11(19(32)13-7-8-15(31)22(35)21(13)34)16(9-10)39-40(37,38)24-17-12(3-2-4-14(17)27-29-25)20(33)23(36)18(24)28-30-26/h2-9,31,34-35H,1H3. The maximum absolute atomic E-state index is 13.7. The summed E-state index contributed by atoms with van der Waals surface area (Å²) in [5, 5.41) is 36.0. The zero-order valence-electron chi connectivity index (χ0n) is 20.0. The van der Waals surface area contributed by atoms with Crippen LogP contribution in [-0.4, -0.2) is 41.1 Å². The van der Waals surface area contributed by atoms with Gasteiger partial charge in [-0.1, -0.05) is 34.5 Å². The third kappa shape index (κ3) is 4.52. The summed E-state index contributed by atoms with van der Waals surface area (Å²) in [5.41, 5.74) is 14.8. The minimum Gasteiger partial charge on any atom is -0.504 e. The van der Waals surface area contributed by atoms with Gasteiger partial charge in [0, 0.05) is 26.6 Å². The van der Waals surface area contributed by atoms with Gasteiger partial charge in [0.05, 0.1) is 11.1 Å². The lowest BCUT2D eigenvalue weighted by Crippen LogP contribution is -2.27. The highest BCUT2D eigenvalue weighted by Gasteiger charge is 2.41. The first-order valence-corrected chi connectivity index (χ1v) is 12.2. The third-order valence-electron chi connectivity index (χ3n) is 5.65. The Balaban J connectivity index is 1.96. The number of benzene rings is 3. The lowest BCUT2D eigenvalue weighted by Gasteiger charge is -2.21. The number of Topliss-reactive ketones (excluding diaryl/α,β-unsaturated/α-hetero) is 2. The van der Waals surface area contributed by atoms with Crippen molar-refractivity contribution in [3.8, 4) is 23.0 Å². The summed E-state index contributed by atoms with van der Waals surface area (Å²) in [6.45, 7) is 1.53. The smallest absolute Gasteiger partial charge is 0.340 e. The molecular weight excluding hydrogens is 548 g/mol. The molecule has 1 aliphatic rings. The van der Waals surface area contributed by atoms with Crippen LogP contribution in [0.1, 0.15) is 37.4 Å². The molecule has 0 aromatic heterocycles. The largest absolute Gasteiger partial charge is 0.504 e. The van der Waals surface area contributed by atoms with E-state index in [1.807, 2.05) is 0 Å². The molecule has 40 heavy (non-hydrogen) atoms. The Labute approximate surface area is 223 Å². The SMILES string of the molecule is Cc1ccc(C(=O)c2ccc(O)c(O)c2O)c(OS(=O)(=O)C2=C(N=[N+]=[N-])C(=O)C(=O)c3cccc(N=[N+]=[N-])c32)c1. The summed E-state index contributed by atoms with van der Waals surface area (Å²) in [6, 6.07) is 9.06. The molecule has 0 atom stereocenters. The van der Waals surface area contributed by atoms with Crippen molar-refractivity contribution >= 4 is 38.1 Å². The van der Waals surface area contributed by atoms with Crippen LogP contribution in [0.5, 0.6) is 23.0 Å². The van der Waals surface area contributed by atoms with E-state index in [0.29, 0.717) is 5.56 Å². The molecule has 15 nitrogen and oxygen atoms in total. The van der Waals surface area contributed by atoms with Gasteiger partial charge in [0.1, 0.15) is 10.6 Å². The molecule has 3 aromatic rings. The van der Waals surface area contributed by atoms with Gasteiger partial charge in [0.25, 0.3) is 0 Å². The summed E-state index contributed by atoms with van der Waals surface area (Å²) in [6.07, 6.45) is 0. The molecule has 4 rings (SSSR count). The van der Waals surface area contributed by atoms with Gasteiger partial charge in [-0.2, -0.15) is 8.42 Å². The van der Waals surface area contributed by atoms with E-state index in [4.69, 9.17) is 15.2 Å². The number of hydrogen-bond donors (Lipinski definition) is 3. The Morgan fingerprint density at radius 2 is 1.57 bits per heavy atom. The van der Waals surface area contributed by atoms with E-state index in [-0.39, 0.29) is 0 Å². The molecule has 0 bridgehead atoms. The van der Waals surface area contributed by atoms with E-state index in [9.17, 15) is 38.1 Å². The van der Waals surface area contributed by atoms with E-state index >= 15 is 0 Å². The molecule has 3 aromatic carbocycles. The van der Waals surface area contributed by atoms with Crippen molar-refractivity contribution in [2.24, 2.45) is 10.2 Å². The van der Waals surface area contributed by atoms with Crippen LogP contribution in [0.3, 0.4) is 0 Å². The second-order valence-corrected chi connectivity index (χ2v) is 9.59. The molecule has 16 heteroatoms. The Bertz CT molecular complexity index is 1900. The van der Waals surface area contributed by atoms with Gasteiger partial charge in [-0.15, -0.1) is 0 Å². The second-order valence-electron chi connectivity index (χ2n) is 8.11. The lowest BCUT2D eigenvalue weighted by molar-refractivity contribution is -0.111. The van der Waals surface area contributed by atoms with Crippen molar-refractivity contribution in [3.63, 3.8) is 0 Å². The minimum absolute atomic E-state index is 0.397. The maximum Gasteiger partial charge on any atom is 0.340 e. The van der Waals surface area contributed by atoms with Crippen LogP contribution in [0, 0.1) is 6.92 Å². The van der Waals surface area contributed by atoms with E-state index < -0.39 is 89.0 Å². The molecule has 0 fully saturated rings. The number of hydrogen-bond acceptors (Lipinski definition) is 11. The first kappa shape index (κ1) is 27.2. The number of carbonyl (C=O) groups excluding carboxylic acids is 3. The summed E-state index contributed by atoms with van der Waals surface area (Å²) < 4.78 is 32.7. The normalized spacial score (nSPS) is 12.7. The van der Waals surface area contributed by atoms with E-state index in [1.165, 1.54) is 19.1 Å². The summed E-state index contributed by atoms with van der Waals surface area (Å²) in [7, 11) is -5.24. The van der Waals surface area contributed by atoms with E-state index in [2.05, 4.69) is 20.1 Å². The average molecular weight is 562 g/mol. The number of azide groups is 2. The topological polar surface area (TPSA) is 253 Å². The quantitative estimate of drug-likeness (QED) is 0.0698. The van der Waals surface area contributed by atoms with Crippen LogP contribution < -0.4 is 4.18 Å². The van der Waals surface area contributed by atoms with Gasteiger partial charge < -0.3 is 19.5 Å². The van der Waals surface area contributed by atoms with Crippen molar-refractivity contribution in [2.45, 2.75) is 6.92 Å². The summed E-state index contributed by atoms with van der Waals surface area (Å²) in [5.74, 6) is -7.07. The highest BCUT2D eigenvalue weighted by molar-refractivity contribution is 7.96. The van der Waals surface area contributed by atoms with Crippen LogP contribution in [0.25, 0.3) is 25.8 Å². The predicted octanol–water partition coefficient (Wildman–Crippen LogP) is 4.44. The number of aryl methyl sites for hydroxylation is 1. The Morgan fingerprint density at radius 1 is 0.900 bits per heavy atom. The fourth-order valence-corrected chi connectivity index (χ4v) is 5.17. The van der Waals surface area contributed by atoms with Gasteiger partial charge in [0.15, 0.2) is 17.2 Å². The summed E-state index contributed by atoms with van der Waals surface area (Å²) in [4.78, 5) is 42.6.